The lowest BCUT2D eigenvalue weighted by Crippen LogP contribution is -2.12. The summed E-state index contributed by atoms with van der Waals surface area (Å²) in [5.41, 5.74) is 2.50. The molecule has 4 rings (SSSR count). The molecule has 2 aromatic heterocycles. The Morgan fingerprint density at radius 3 is 2.94 bits per heavy atom. The van der Waals surface area contributed by atoms with E-state index in [1.54, 1.807) is 0 Å². The quantitative estimate of drug-likeness (QED) is 0.855. The van der Waals surface area contributed by atoms with Crippen molar-refractivity contribution >= 4 is 5.78 Å². The Balaban J connectivity index is 1.74. The lowest BCUT2D eigenvalue weighted by atomic mass is 10.2. The van der Waals surface area contributed by atoms with Crippen LogP contribution in [0, 0.1) is 0 Å². The number of hydrogen-bond acceptors (Lipinski definition) is 3. The molecule has 4 nitrogen and oxygen atoms in total. The summed E-state index contributed by atoms with van der Waals surface area (Å²) in [6.07, 6.45) is 11.4. The van der Waals surface area contributed by atoms with Gasteiger partial charge in [-0.05, 0) is 43.7 Å². The lowest BCUT2D eigenvalue weighted by Gasteiger charge is -2.03. The molecule has 0 aromatic carbocycles. The molecule has 0 spiro atoms. The van der Waals surface area contributed by atoms with E-state index in [4.69, 9.17) is 0 Å². The van der Waals surface area contributed by atoms with E-state index in [0.717, 1.165) is 23.9 Å². The van der Waals surface area contributed by atoms with E-state index in [1.807, 2.05) is 6.20 Å². The van der Waals surface area contributed by atoms with E-state index in [1.165, 1.54) is 31.2 Å². The summed E-state index contributed by atoms with van der Waals surface area (Å²) >= 11 is 0. The van der Waals surface area contributed by atoms with Crippen molar-refractivity contribution in [3.8, 4) is 0 Å². The van der Waals surface area contributed by atoms with Crippen LogP contribution in [0.5, 0.6) is 0 Å². The highest BCUT2D eigenvalue weighted by Gasteiger charge is 2.25. The van der Waals surface area contributed by atoms with Crippen molar-refractivity contribution in [2.75, 3.05) is 6.54 Å². The largest absolute Gasteiger partial charge is 0.309 e. The second-order valence-electron chi connectivity index (χ2n) is 5.18. The van der Waals surface area contributed by atoms with Gasteiger partial charge in [0.05, 0.1) is 11.7 Å². The van der Waals surface area contributed by atoms with E-state index < -0.39 is 0 Å². The molecule has 2 fully saturated rings. The van der Waals surface area contributed by atoms with Gasteiger partial charge in [-0.1, -0.05) is 0 Å². The van der Waals surface area contributed by atoms with Crippen LogP contribution in [0.3, 0.4) is 0 Å². The summed E-state index contributed by atoms with van der Waals surface area (Å²) in [4.78, 5) is 9.06. The predicted octanol–water partition coefficient (Wildman–Crippen LogP) is 2.03. The summed E-state index contributed by atoms with van der Waals surface area (Å²) in [6, 6.07) is 0.432. The maximum Gasteiger partial charge on any atom is 0.233 e. The summed E-state index contributed by atoms with van der Waals surface area (Å²) in [5.74, 6) is 1.58. The van der Waals surface area contributed by atoms with Gasteiger partial charge >= 0.3 is 0 Å². The minimum absolute atomic E-state index is 0.432. The molecule has 1 saturated carbocycles. The number of nitrogens with zero attached hydrogens (tertiary/aromatic N) is 3. The monoisotopic (exact) mass is 228 g/mol. The fourth-order valence-electron chi connectivity index (χ4n) is 2.65. The van der Waals surface area contributed by atoms with E-state index >= 15 is 0 Å². The number of aromatic nitrogens is 3. The molecule has 4 heteroatoms. The Kier molecular flexibility index (Phi) is 1.99. The summed E-state index contributed by atoms with van der Waals surface area (Å²) in [5, 5.41) is 3.48. The van der Waals surface area contributed by atoms with Crippen LogP contribution in [0.4, 0.5) is 0 Å². The highest BCUT2D eigenvalue weighted by Crippen LogP contribution is 2.39. The van der Waals surface area contributed by atoms with Gasteiger partial charge in [-0.2, -0.15) is 0 Å². The van der Waals surface area contributed by atoms with E-state index in [0.29, 0.717) is 6.04 Å². The van der Waals surface area contributed by atoms with E-state index in [9.17, 15) is 0 Å². The predicted molar refractivity (Wildman–Crippen MR) is 64.9 cm³/mol. The van der Waals surface area contributed by atoms with Crippen LogP contribution < -0.4 is 5.32 Å². The number of fused-ring (bicyclic) bond motifs is 1. The molecule has 0 radical (unpaired) electrons. The van der Waals surface area contributed by atoms with Crippen molar-refractivity contribution < 1.29 is 0 Å². The number of rotatable bonds is 2. The maximum absolute atomic E-state index is 4.60. The number of hydrogen-bond donors (Lipinski definition) is 1. The normalized spacial score (nSPS) is 24.6. The molecular weight excluding hydrogens is 212 g/mol. The summed E-state index contributed by atoms with van der Waals surface area (Å²) < 4.78 is 2.09. The molecule has 2 aliphatic rings. The van der Waals surface area contributed by atoms with Crippen LogP contribution in [-0.4, -0.2) is 20.9 Å². The zero-order chi connectivity index (χ0) is 11.2. The zero-order valence-electron chi connectivity index (χ0n) is 9.76. The van der Waals surface area contributed by atoms with Gasteiger partial charge in [-0.15, -0.1) is 0 Å². The van der Waals surface area contributed by atoms with E-state index in [2.05, 4.69) is 32.1 Å². The SMILES string of the molecule is c1nc2nc(C3CCCN3)cn2cc1C1CC1. The van der Waals surface area contributed by atoms with Crippen molar-refractivity contribution in [3.05, 3.63) is 29.8 Å². The molecule has 1 N–H and O–H groups in total. The standard InChI is InChI=1S/C13H16N4/c1-2-11(14-5-1)12-8-17-7-10(9-3-4-9)6-15-13(17)16-12/h6-9,11,14H,1-5H2. The van der Waals surface area contributed by atoms with Gasteiger partial charge in [0.15, 0.2) is 0 Å². The topological polar surface area (TPSA) is 42.2 Å². The highest BCUT2D eigenvalue weighted by atomic mass is 15.1. The van der Waals surface area contributed by atoms with Crippen LogP contribution in [0.15, 0.2) is 18.6 Å². The van der Waals surface area contributed by atoms with Crippen LogP contribution in [-0.2, 0) is 0 Å². The Morgan fingerprint density at radius 2 is 2.18 bits per heavy atom. The first kappa shape index (κ1) is 9.59. The van der Waals surface area contributed by atoms with Crippen LogP contribution >= 0.6 is 0 Å². The minimum atomic E-state index is 0.432. The van der Waals surface area contributed by atoms with Gasteiger partial charge in [0, 0.05) is 18.6 Å². The first-order chi connectivity index (χ1) is 8.40. The molecule has 88 valence electrons. The molecule has 1 unspecified atom stereocenters. The third-order valence-electron chi connectivity index (χ3n) is 3.81. The molecule has 0 bridgehead atoms. The number of nitrogens with one attached hydrogen (secondary N) is 1. The van der Waals surface area contributed by atoms with Crippen molar-refractivity contribution in [3.63, 3.8) is 0 Å². The highest BCUT2D eigenvalue weighted by molar-refractivity contribution is 5.34. The third kappa shape index (κ3) is 1.63. The van der Waals surface area contributed by atoms with Gasteiger partial charge < -0.3 is 5.32 Å². The van der Waals surface area contributed by atoms with Crippen LogP contribution in [0.25, 0.3) is 5.78 Å². The van der Waals surface area contributed by atoms with Crippen molar-refractivity contribution in [1.82, 2.24) is 19.7 Å². The Hall–Kier alpha value is -1.42. The summed E-state index contributed by atoms with van der Waals surface area (Å²) in [7, 11) is 0. The Morgan fingerprint density at radius 1 is 1.24 bits per heavy atom. The van der Waals surface area contributed by atoms with Gasteiger partial charge in [0.25, 0.3) is 0 Å². The van der Waals surface area contributed by atoms with Crippen molar-refractivity contribution in [1.29, 1.82) is 0 Å². The Bertz CT molecular complexity index is 550. The summed E-state index contributed by atoms with van der Waals surface area (Å²) in [6.45, 7) is 1.11. The molecule has 1 saturated heterocycles. The molecule has 1 atom stereocenters. The van der Waals surface area contributed by atoms with Gasteiger partial charge in [-0.25, -0.2) is 9.97 Å². The lowest BCUT2D eigenvalue weighted by molar-refractivity contribution is 0.632. The van der Waals surface area contributed by atoms with Gasteiger partial charge in [-0.3, -0.25) is 4.40 Å². The number of imidazole rings is 1. The van der Waals surface area contributed by atoms with Crippen LogP contribution in [0.1, 0.15) is 48.9 Å². The average molecular weight is 228 g/mol. The van der Waals surface area contributed by atoms with Crippen molar-refractivity contribution in [2.45, 2.75) is 37.6 Å². The third-order valence-corrected chi connectivity index (χ3v) is 3.81. The van der Waals surface area contributed by atoms with Gasteiger partial charge in [0.2, 0.25) is 5.78 Å². The molecule has 17 heavy (non-hydrogen) atoms. The first-order valence-corrected chi connectivity index (χ1v) is 6.48. The molecule has 2 aromatic rings. The average Bonchev–Trinajstić information content (AvgIpc) is 2.92. The molecular formula is C13H16N4. The fourth-order valence-corrected chi connectivity index (χ4v) is 2.65. The zero-order valence-corrected chi connectivity index (χ0v) is 9.76. The molecule has 1 aliphatic heterocycles. The Labute approximate surface area is 100 Å². The minimum Gasteiger partial charge on any atom is -0.309 e. The van der Waals surface area contributed by atoms with Gasteiger partial charge in [0.1, 0.15) is 0 Å². The fraction of sp³-hybridized carbons (Fsp3) is 0.538. The smallest absolute Gasteiger partial charge is 0.233 e. The molecule has 0 amide bonds. The second-order valence-corrected chi connectivity index (χ2v) is 5.18. The molecule has 3 heterocycles. The molecule has 1 aliphatic carbocycles. The van der Waals surface area contributed by atoms with Crippen molar-refractivity contribution in [2.24, 2.45) is 0 Å². The first-order valence-electron chi connectivity index (χ1n) is 6.48. The second kappa shape index (κ2) is 3.53. The maximum atomic E-state index is 4.60. The van der Waals surface area contributed by atoms with Crippen LogP contribution in [0.2, 0.25) is 0 Å². The van der Waals surface area contributed by atoms with E-state index in [-0.39, 0.29) is 0 Å².